The third-order valence-electron chi connectivity index (χ3n) is 2.76. The van der Waals surface area contributed by atoms with Gasteiger partial charge in [0, 0.05) is 28.5 Å². The van der Waals surface area contributed by atoms with Gasteiger partial charge >= 0.3 is 0 Å². The zero-order valence-electron chi connectivity index (χ0n) is 10.7. The van der Waals surface area contributed by atoms with Gasteiger partial charge in [-0.3, -0.25) is 0 Å². The fourth-order valence-corrected chi connectivity index (χ4v) is 2.70. The lowest BCUT2D eigenvalue weighted by Crippen LogP contribution is -2.03. The van der Waals surface area contributed by atoms with Crippen LogP contribution in [0.5, 0.6) is 0 Å². The van der Waals surface area contributed by atoms with Crippen LogP contribution in [0.2, 0.25) is 0 Å². The first-order chi connectivity index (χ1) is 9.36. The average Bonchev–Trinajstić information content (AvgIpc) is 2.37. The molecule has 0 aliphatic carbocycles. The second kappa shape index (κ2) is 5.93. The van der Waals surface area contributed by atoms with Crippen LogP contribution in [-0.2, 0) is 16.4 Å². The van der Waals surface area contributed by atoms with E-state index in [9.17, 15) is 12.8 Å². The van der Waals surface area contributed by atoms with Crippen LogP contribution < -0.4 is 5.32 Å². The molecule has 2 aromatic carbocycles. The lowest BCUT2D eigenvalue weighted by Gasteiger charge is -2.09. The molecule has 2 rings (SSSR count). The predicted octanol–water partition coefficient (Wildman–Crippen LogP) is 3.60. The van der Waals surface area contributed by atoms with E-state index in [0.29, 0.717) is 15.7 Å². The largest absolute Gasteiger partial charge is 0.381 e. The summed E-state index contributed by atoms with van der Waals surface area (Å²) in [5.74, 6) is -0.314. The van der Waals surface area contributed by atoms with Gasteiger partial charge in [-0.2, -0.15) is 0 Å². The highest BCUT2D eigenvalue weighted by Crippen LogP contribution is 2.19. The number of nitrogens with one attached hydrogen (secondary N) is 1. The summed E-state index contributed by atoms with van der Waals surface area (Å²) in [6.07, 6.45) is 1.15. The zero-order valence-corrected chi connectivity index (χ0v) is 13.1. The van der Waals surface area contributed by atoms with Gasteiger partial charge in [-0.05, 0) is 30.3 Å². The first-order valence-corrected chi connectivity index (χ1v) is 8.52. The van der Waals surface area contributed by atoms with Crippen LogP contribution in [0.1, 0.15) is 5.56 Å². The maximum Gasteiger partial charge on any atom is 0.175 e. The second-order valence-electron chi connectivity index (χ2n) is 4.39. The van der Waals surface area contributed by atoms with Crippen LogP contribution in [0.15, 0.2) is 51.8 Å². The summed E-state index contributed by atoms with van der Waals surface area (Å²) in [6.45, 7) is 0.284. The number of halogens is 2. The summed E-state index contributed by atoms with van der Waals surface area (Å²) in [4.78, 5) is 0.235. The fraction of sp³-hybridized carbons (Fsp3) is 0.143. The minimum atomic E-state index is -3.24. The summed E-state index contributed by atoms with van der Waals surface area (Å²) in [7, 11) is -3.24. The molecule has 106 valence electrons. The van der Waals surface area contributed by atoms with E-state index in [2.05, 4.69) is 21.2 Å². The Morgan fingerprint density at radius 1 is 1.20 bits per heavy atom. The van der Waals surface area contributed by atoms with E-state index < -0.39 is 9.84 Å². The minimum absolute atomic E-state index is 0.235. The summed E-state index contributed by atoms with van der Waals surface area (Å²) in [5.41, 5.74) is 1.15. The Bertz CT molecular complexity index is 732. The maximum absolute atomic E-state index is 13.7. The van der Waals surface area contributed by atoms with Crippen molar-refractivity contribution in [2.75, 3.05) is 11.6 Å². The molecular weight excluding hydrogens is 345 g/mol. The molecule has 0 bridgehead atoms. The lowest BCUT2D eigenvalue weighted by atomic mass is 10.2. The zero-order chi connectivity index (χ0) is 14.8. The molecule has 0 aliphatic rings. The lowest BCUT2D eigenvalue weighted by molar-refractivity contribution is 0.601. The normalized spacial score (nSPS) is 11.3. The fourth-order valence-electron chi connectivity index (χ4n) is 1.70. The molecule has 0 heterocycles. The summed E-state index contributed by atoms with van der Waals surface area (Å²) < 4.78 is 37.3. The number of anilines is 1. The van der Waals surface area contributed by atoms with E-state index in [1.165, 1.54) is 18.2 Å². The molecule has 0 saturated heterocycles. The van der Waals surface area contributed by atoms with Crippen LogP contribution >= 0.6 is 15.9 Å². The number of rotatable bonds is 4. The van der Waals surface area contributed by atoms with Gasteiger partial charge in [-0.15, -0.1) is 0 Å². The molecule has 2 aromatic rings. The molecule has 0 spiro atoms. The Morgan fingerprint density at radius 3 is 2.60 bits per heavy atom. The van der Waals surface area contributed by atoms with Crippen molar-refractivity contribution in [3.63, 3.8) is 0 Å². The van der Waals surface area contributed by atoms with Crippen molar-refractivity contribution in [2.24, 2.45) is 0 Å². The second-order valence-corrected chi connectivity index (χ2v) is 7.32. The molecule has 6 heteroatoms. The van der Waals surface area contributed by atoms with Gasteiger partial charge < -0.3 is 5.32 Å². The van der Waals surface area contributed by atoms with E-state index in [4.69, 9.17) is 0 Å². The highest BCUT2D eigenvalue weighted by Gasteiger charge is 2.08. The topological polar surface area (TPSA) is 46.2 Å². The highest BCUT2D eigenvalue weighted by molar-refractivity contribution is 9.10. The third kappa shape index (κ3) is 3.80. The van der Waals surface area contributed by atoms with Gasteiger partial charge in [0.2, 0.25) is 0 Å². The van der Waals surface area contributed by atoms with Gasteiger partial charge in [0.25, 0.3) is 0 Å². The van der Waals surface area contributed by atoms with E-state index in [-0.39, 0.29) is 17.3 Å². The van der Waals surface area contributed by atoms with Crippen LogP contribution in [0.4, 0.5) is 10.1 Å². The van der Waals surface area contributed by atoms with Gasteiger partial charge in [0.1, 0.15) is 5.82 Å². The summed E-state index contributed by atoms with van der Waals surface area (Å²) in [5, 5.41) is 3.01. The minimum Gasteiger partial charge on any atom is -0.381 e. The van der Waals surface area contributed by atoms with Gasteiger partial charge in [0.15, 0.2) is 9.84 Å². The van der Waals surface area contributed by atoms with Crippen LogP contribution in [0.3, 0.4) is 0 Å². The van der Waals surface area contributed by atoms with E-state index >= 15 is 0 Å². The molecular formula is C14H13BrFNO2S. The van der Waals surface area contributed by atoms with Crippen LogP contribution in [0, 0.1) is 5.82 Å². The van der Waals surface area contributed by atoms with E-state index in [0.717, 1.165) is 6.26 Å². The Hall–Kier alpha value is -1.40. The molecule has 1 N–H and O–H groups in total. The number of hydrogen-bond donors (Lipinski definition) is 1. The molecule has 0 radical (unpaired) electrons. The molecule has 0 fully saturated rings. The Kier molecular flexibility index (Phi) is 4.45. The van der Waals surface area contributed by atoms with Gasteiger partial charge in [-0.25, -0.2) is 12.8 Å². The van der Waals surface area contributed by atoms with Crippen molar-refractivity contribution >= 4 is 31.5 Å². The van der Waals surface area contributed by atoms with Crippen molar-refractivity contribution < 1.29 is 12.8 Å². The molecule has 0 aromatic heterocycles. The summed E-state index contributed by atoms with van der Waals surface area (Å²) >= 11 is 3.20. The molecule has 0 saturated carbocycles. The Labute approximate surface area is 125 Å². The average molecular weight is 358 g/mol. The SMILES string of the molecule is CS(=O)(=O)c1cccc(NCc2ccc(Br)cc2F)c1. The van der Waals surface area contributed by atoms with Gasteiger partial charge in [-0.1, -0.05) is 28.1 Å². The van der Waals surface area contributed by atoms with Gasteiger partial charge in [0.05, 0.1) is 4.90 Å². The molecule has 3 nitrogen and oxygen atoms in total. The predicted molar refractivity (Wildman–Crippen MR) is 81.0 cm³/mol. The van der Waals surface area contributed by atoms with Crippen molar-refractivity contribution in [3.05, 3.63) is 58.3 Å². The third-order valence-corrected chi connectivity index (χ3v) is 4.36. The van der Waals surface area contributed by atoms with Crippen molar-refractivity contribution in [3.8, 4) is 0 Å². The molecule has 20 heavy (non-hydrogen) atoms. The van der Waals surface area contributed by atoms with E-state index in [1.807, 2.05) is 0 Å². The standard InChI is InChI=1S/C14H13BrFNO2S/c1-20(18,19)13-4-2-3-12(8-13)17-9-10-5-6-11(15)7-14(10)16/h2-8,17H,9H2,1H3. The molecule has 0 amide bonds. The number of hydrogen-bond acceptors (Lipinski definition) is 3. The molecule has 0 aliphatic heterocycles. The maximum atomic E-state index is 13.7. The first-order valence-electron chi connectivity index (χ1n) is 5.84. The quantitative estimate of drug-likeness (QED) is 0.908. The Balaban J connectivity index is 2.15. The van der Waals surface area contributed by atoms with Crippen molar-refractivity contribution in [1.82, 2.24) is 0 Å². The number of benzene rings is 2. The molecule has 0 atom stereocenters. The smallest absolute Gasteiger partial charge is 0.175 e. The van der Waals surface area contributed by atoms with Crippen molar-refractivity contribution in [1.29, 1.82) is 0 Å². The Morgan fingerprint density at radius 2 is 1.95 bits per heavy atom. The number of sulfone groups is 1. The van der Waals surface area contributed by atoms with E-state index in [1.54, 1.807) is 24.3 Å². The van der Waals surface area contributed by atoms with Crippen LogP contribution in [-0.4, -0.2) is 14.7 Å². The van der Waals surface area contributed by atoms with Crippen LogP contribution in [0.25, 0.3) is 0 Å². The summed E-state index contributed by atoms with van der Waals surface area (Å²) in [6, 6.07) is 11.3. The molecule has 0 unspecified atom stereocenters. The first kappa shape index (κ1) is 15.0. The monoisotopic (exact) mass is 357 g/mol. The van der Waals surface area contributed by atoms with Crippen molar-refractivity contribution in [2.45, 2.75) is 11.4 Å². The highest BCUT2D eigenvalue weighted by atomic mass is 79.9.